The van der Waals surface area contributed by atoms with E-state index in [0.29, 0.717) is 5.49 Å². The van der Waals surface area contributed by atoms with E-state index in [-0.39, 0.29) is 8.81 Å². The standard InChI is InChI=1S/C12H38OP4S4/c1-15(10-18(4)5)20(7)12-17(3)21(8)11-16(2)19(6)9-14-13/h13-14,18-21H,9-12H2,1-8H3/i18T,19T,20T,21T. The van der Waals surface area contributed by atoms with Crippen LogP contribution in [0.25, 0.3) is 0 Å². The molecule has 0 radical (unpaired) electrons. The molecular formula is C12H38OP4S4. The third-order valence-corrected chi connectivity index (χ3v) is 33.5. The lowest BCUT2D eigenvalue weighted by atomic mass is 11.8. The van der Waals surface area contributed by atoms with Crippen molar-refractivity contribution in [3.8, 4) is 0 Å². The quantitative estimate of drug-likeness (QED) is 0.201. The zero-order chi connectivity index (χ0) is 20.3. The molecule has 0 fully saturated rings. The molecule has 9 heteroatoms. The molecule has 0 aromatic carbocycles. The van der Waals surface area contributed by atoms with Crippen LogP contribution in [0.2, 0.25) is 0 Å². The molecule has 0 amide bonds. The van der Waals surface area contributed by atoms with Gasteiger partial charge in [0.2, 0.25) is 0 Å². The Kier molecular flexibility index (Phi) is 11.1. The molecule has 1 nitrogen and oxygen atoms in total. The third-order valence-electron chi connectivity index (χ3n) is 3.05. The second kappa shape index (κ2) is 13.3. The van der Waals surface area contributed by atoms with Crippen molar-refractivity contribution < 1.29 is 4.89 Å². The predicted molar refractivity (Wildman–Crippen MR) is 134 cm³/mol. The van der Waals surface area contributed by atoms with Gasteiger partial charge in [0, 0.05) is 30.8 Å². The molecule has 0 spiro atoms. The Morgan fingerprint density at radius 3 is 1.57 bits per heavy atom. The van der Waals surface area contributed by atoms with Gasteiger partial charge in [0.25, 0.3) is 0 Å². The summed E-state index contributed by atoms with van der Waals surface area (Å²) in [6.45, 7) is 6.54. The lowest BCUT2D eigenvalue weighted by Crippen LogP contribution is -1.92. The molecule has 0 aliphatic heterocycles. The van der Waals surface area contributed by atoms with Crippen molar-refractivity contribution in [3.63, 3.8) is 0 Å². The highest BCUT2D eigenvalue weighted by Crippen LogP contribution is 2.73. The van der Waals surface area contributed by atoms with Crippen LogP contribution < -0.4 is 0 Å². The van der Waals surface area contributed by atoms with Crippen molar-refractivity contribution in [2.75, 3.05) is 73.2 Å². The zero-order valence-electron chi connectivity index (χ0n) is 18.8. The van der Waals surface area contributed by atoms with E-state index < -0.39 is 63.4 Å². The van der Waals surface area contributed by atoms with Crippen LogP contribution in [0.1, 0.15) is 0 Å². The minimum Gasteiger partial charge on any atom is -0.376 e. The van der Waals surface area contributed by atoms with E-state index in [1.807, 2.05) is 18.8 Å². The number of thiol groups is 4. The summed E-state index contributed by atoms with van der Waals surface area (Å²) in [5.74, 6) is 0. The zero-order valence-corrected chi connectivity index (χ0v) is 21.7. The van der Waals surface area contributed by atoms with Gasteiger partial charge in [-0.05, 0) is 51.3 Å². The molecule has 7 unspecified atom stereocenters. The number of rotatable bonds is 11. The fourth-order valence-corrected chi connectivity index (χ4v) is 34.2. The predicted octanol–water partition coefficient (Wildman–Crippen LogP) is 5.64. The van der Waals surface area contributed by atoms with E-state index in [9.17, 15) is 4.89 Å². The molecule has 0 aromatic heterocycles. The molecule has 0 aliphatic carbocycles. The summed E-state index contributed by atoms with van der Waals surface area (Å²) in [7, 11) is -7.54. The molecule has 7 atom stereocenters. The summed E-state index contributed by atoms with van der Waals surface area (Å²) in [4.78, 5) is 9.24. The fraction of sp³-hybridized carbons (Fsp3) is 1.00. The average Bonchev–Trinajstić information content (AvgIpc) is 2.35. The topological polar surface area (TPSA) is 20.2 Å². The maximum atomic E-state index is 9.24. The van der Waals surface area contributed by atoms with Gasteiger partial charge >= 0.3 is 0 Å². The molecule has 21 heavy (non-hydrogen) atoms. The average molecular weight is 459 g/mol. The molecule has 0 saturated carbocycles. The summed E-state index contributed by atoms with van der Waals surface area (Å²) in [5, 5.41) is 0. The Bertz CT molecular complexity index is 426. The van der Waals surface area contributed by atoms with E-state index in [1.165, 1.54) is 0 Å². The van der Waals surface area contributed by atoms with Crippen LogP contribution in [0.3, 0.4) is 0 Å². The Hall–Kier alpha value is 3.08. The van der Waals surface area contributed by atoms with Gasteiger partial charge in [-0.15, -0.1) is 0 Å². The summed E-state index contributed by atoms with van der Waals surface area (Å²) in [6, 6.07) is 0. The Balaban J connectivity index is 4.98. The largest absolute Gasteiger partial charge is 0.376 e. The van der Waals surface area contributed by atoms with Gasteiger partial charge in [-0.25, -0.2) is 31.3 Å². The molecule has 0 bridgehead atoms. The summed E-state index contributed by atoms with van der Waals surface area (Å²) < 4.78 is 34.7. The van der Waals surface area contributed by atoms with Gasteiger partial charge in [-0.1, -0.05) is 21.4 Å². The number of hydrogen-bond donors (Lipinski definition) is 5. The first-order valence-corrected chi connectivity index (χ1v) is 23.1. The first kappa shape index (κ1) is 17.5. The van der Waals surface area contributed by atoms with Crippen molar-refractivity contribution in [3.05, 3.63) is 0 Å². The first-order chi connectivity index (χ1) is 10.9. The van der Waals surface area contributed by atoms with Crippen LogP contribution in [0.4, 0.5) is 0 Å². The van der Waals surface area contributed by atoms with Crippen molar-refractivity contribution >= 4 is 72.2 Å². The molecule has 136 valence electrons. The third kappa shape index (κ3) is 11.3. The summed E-state index contributed by atoms with van der Waals surface area (Å²) >= 11 is 0. The molecule has 0 aromatic rings. The van der Waals surface area contributed by atoms with Crippen LogP contribution in [0.15, 0.2) is 0 Å². The van der Waals surface area contributed by atoms with Gasteiger partial charge in [-0.2, -0.15) is 0 Å². The van der Waals surface area contributed by atoms with Crippen LogP contribution in [0, 0.1) is 0 Å². The van der Waals surface area contributed by atoms with Gasteiger partial charge in [0.05, 0.1) is 4.50 Å². The second-order valence-electron chi connectivity index (χ2n) is 5.36. The van der Waals surface area contributed by atoms with E-state index in [0.717, 1.165) is 16.5 Å². The maximum Gasteiger partial charge on any atom is 0.0870 e. The van der Waals surface area contributed by atoms with Crippen molar-refractivity contribution in [1.82, 2.24) is 0 Å². The Morgan fingerprint density at radius 1 is 0.810 bits per heavy atom. The first-order valence-electron chi connectivity index (χ1n) is 8.24. The van der Waals surface area contributed by atoms with Gasteiger partial charge < -0.3 is 4.89 Å². The van der Waals surface area contributed by atoms with Gasteiger partial charge in [0.1, 0.15) is 0 Å². The highest BCUT2D eigenvalue weighted by atomic mass is 32.8. The summed E-state index contributed by atoms with van der Waals surface area (Å²) in [6.07, 6.45) is 10.2. The highest BCUT2D eigenvalue weighted by molar-refractivity contribution is 8.77. The van der Waals surface area contributed by atoms with Gasteiger partial charge in [-0.3, -0.25) is 10.8 Å². The van der Waals surface area contributed by atoms with Gasteiger partial charge in [0.15, 0.2) is 0 Å². The normalized spacial score (nSPS) is 34.5. The molecule has 0 rings (SSSR count). The van der Waals surface area contributed by atoms with E-state index in [1.54, 1.807) is 0 Å². The lowest BCUT2D eigenvalue weighted by Gasteiger charge is -2.36. The van der Waals surface area contributed by atoms with Crippen LogP contribution >= 0.6 is 72.2 Å². The second-order valence-corrected chi connectivity index (χ2v) is 30.5. The minimum absolute atomic E-state index is 0.155. The maximum absolute atomic E-state index is 9.24. The SMILES string of the molecule is [3H]S(C)(C)CP(C)S([3H])(C)CP(C)S([3H])(C)CP(C)S([3H])(C)CPO. The lowest BCUT2D eigenvalue weighted by molar-refractivity contribution is 0.650. The molecule has 0 heterocycles. The molecule has 1 N–H and O–H groups in total. The van der Waals surface area contributed by atoms with Crippen LogP contribution in [0.5, 0.6) is 0 Å². The monoisotopic (exact) mass is 458 g/mol. The summed E-state index contributed by atoms with van der Waals surface area (Å²) in [5.41, 5.74) is 3.17. The molecule has 0 saturated heterocycles. The Labute approximate surface area is 154 Å². The minimum atomic E-state index is -1.53. The smallest absolute Gasteiger partial charge is 0.0870 e. The number of hydrogen-bond acceptors (Lipinski definition) is 1. The van der Waals surface area contributed by atoms with Crippen LogP contribution in [-0.4, -0.2) is 82.6 Å². The van der Waals surface area contributed by atoms with Crippen molar-refractivity contribution in [2.45, 2.75) is 0 Å². The van der Waals surface area contributed by atoms with E-state index in [4.69, 9.17) is 4.50 Å². The van der Waals surface area contributed by atoms with E-state index >= 15 is 0 Å². The highest BCUT2D eigenvalue weighted by Gasteiger charge is 2.18. The fourth-order valence-electron chi connectivity index (χ4n) is 1.56. The van der Waals surface area contributed by atoms with E-state index in [2.05, 4.69) is 32.5 Å². The van der Waals surface area contributed by atoms with Crippen LogP contribution in [-0.2, 0) is 0 Å². The molecular weight excluding hydrogens is 412 g/mol. The van der Waals surface area contributed by atoms with Crippen molar-refractivity contribution in [2.24, 2.45) is 0 Å². The Morgan fingerprint density at radius 2 is 1.19 bits per heavy atom. The van der Waals surface area contributed by atoms with Crippen molar-refractivity contribution in [1.29, 1.82) is 4.50 Å². The molecule has 0 aliphatic rings.